The van der Waals surface area contributed by atoms with Gasteiger partial charge in [-0.2, -0.15) is 9.61 Å². The number of carbonyl (C=O) groups is 1. The maximum Gasteiger partial charge on any atom is 0.227 e. The van der Waals surface area contributed by atoms with E-state index in [1.54, 1.807) is 10.7 Å². The lowest BCUT2D eigenvalue weighted by atomic mass is 9.85. The summed E-state index contributed by atoms with van der Waals surface area (Å²) in [6, 6.07) is 17.2. The van der Waals surface area contributed by atoms with Gasteiger partial charge in [0.15, 0.2) is 5.65 Å². The average Bonchev–Trinajstić information content (AvgIpc) is 3.11. The number of hydrogen-bond donors (Lipinski definition) is 1. The molecule has 1 aliphatic carbocycles. The van der Waals surface area contributed by atoms with Crippen molar-refractivity contribution in [1.82, 2.24) is 24.8 Å². The predicted octanol–water partition coefficient (Wildman–Crippen LogP) is 3.59. The molecule has 3 heterocycles. The zero-order chi connectivity index (χ0) is 18.9. The van der Waals surface area contributed by atoms with Crippen molar-refractivity contribution in [3.63, 3.8) is 0 Å². The number of nitrogens with zero attached hydrogens (tertiary/aromatic N) is 5. The number of hydrogen-bond acceptors (Lipinski definition) is 5. The van der Waals surface area contributed by atoms with Gasteiger partial charge in [0.1, 0.15) is 5.69 Å². The van der Waals surface area contributed by atoms with Crippen LogP contribution in [0.2, 0.25) is 0 Å². The first-order valence-electron chi connectivity index (χ1n) is 9.33. The Morgan fingerprint density at radius 1 is 0.964 bits per heavy atom. The van der Waals surface area contributed by atoms with Gasteiger partial charge < -0.3 is 5.32 Å². The molecular formula is C21H18N6O. The van der Waals surface area contributed by atoms with E-state index >= 15 is 0 Å². The summed E-state index contributed by atoms with van der Waals surface area (Å²) in [5.41, 5.74) is 3.92. The van der Waals surface area contributed by atoms with Gasteiger partial charge >= 0.3 is 0 Å². The third-order valence-electron chi connectivity index (χ3n) is 5.08. The molecule has 1 aromatic carbocycles. The maximum atomic E-state index is 12.1. The van der Waals surface area contributed by atoms with Crippen molar-refractivity contribution in [2.45, 2.75) is 19.3 Å². The lowest BCUT2D eigenvalue weighted by Gasteiger charge is -2.24. The molecule has 1 fully saturated rings. The Morgan fingerprint density at radius 2 is 1.82 bits per heavy atom. The van der Waals surface area contributed by atoms with Crippen LogP contribution in [0.4, 0.5) is 5.69 Å². The molecule has 138 valence electrons. The minimum atomic E-state index is 0.114. The minimum absolute atomic E-state index is 0.114. The second-order valence-electron chi connectivity index (χ2n) is 6.92. The third-order valence-corrected chi connectivity index (χ3v) is 5.08. The summed E-state index contributed by atoms with van der Waals surface area (Å²) in [6.45, 7) is 0. The monoisotopic (exact) mass is 370 g/mol. The molecule has 1 aliphatic rings. The summed E-state index contributed by atoms with van der Waals surface area (Å²) < 4.78 is 1.70. The van der Waals surface area contributed by atoms with Crippen molar-refractivity contribution >= 4 is 17.2 Å². The normalized spacial score (nSPS) is 14.0. The van der Waals surface area contributed by atoms with Gasteiger partial charge in [0.2, 0.25) is 11.7 Å². The number of anilines is 1. The zero-order valence-electron chi connectivity index (χ0n) is 15.1. The van der Waals surface area contributed by atoms with Crippen LogP contribution in [0.15, 0.2) is 60.8 Å². The highest BCUT2D eigenvalue weighted by Crippen LogP contribution is 2.28. The van der Waals surface area contributed by atoms with E-state index in [-0.39, 0.29) is 11.8 Å². The number of pyridine rings is 1. The first-order valence-corrected chi connectivity index (χ1v) is 9.33. The summed E-state index contributed by atoms with van der Waals surface area (Å²) in [6.07, 6.45) is 4.85. The smallest absolute Gasteiger partial charge is 0.227 e. The lowest BCUT2D eigenvalue weighted by molar-refractivity contribution is -0.122. The number of fused-ring (bicyclic) bond motifs is 1. The van der Waals surface area contributed by atoms with Gasteiger partial charge in [-0.1, -0.05) is 24.6 Å². The van der Waals surface area contributed by atoms with Gasteiger partial charge in [-0.15, -0.1) is 10.2 Å². The van der Waals surface area contributed by atoms with Crippen LogP contribution < -0.4 is 5.32 Å². The second-order valence-corrected chi connectivity index (χ2v) is 6.92. The van der Waals surface area contributed by atoms with Gasteiger partial charge in [-0.05, 0) is 49.2 Å². The van der Waals surface area contributed by atoms with Crippen LogP contribution >= 0.6 is 0 Å². The SMILES string of the molecule is O=C(Nc1ccc(-c2ccc3nnc(-c4ccccn4)n3n2)cc1)C1CCC1. The van der Waals surface area contributed by atoms with Crippen molar-refractivity contribution in [2.24, 2.45) is 5.92 Å². The summed E-state index contributed by atoms with van der Waals surface area (Å²) >= 11 is 0. The molecule has 4 aromatic rings. The molecule has 0 bridgehead atoms. The van der Waals surface area contributed by atoms with Crippen molar-refractivity contribution in [2.75, 3.05) is 5.32 Å². The molecule has 1 N–H and O–H groups in total. The molecule has 7 nitrogen and oxygen atoms in total. The fourth-order valence-electron chi connectivity index (χ4n) is 3.24. The highest BCUT2D eigenvalue weighted by molar-refractivity contribution is 5.93. The van der Waals surface area contributed by atoms with Crippen molar-refractivity contribution in [3.8, 4) is 22.8 Å². The Morgan fingerprint density at radius 3 is 2.54 bits per heavy atom. The van der Waals surface area contributed by atoms with E-state index in [9.17, 15) is 4.79 Å². The molecule has 0 aliphatic heterocycles. The Bertz CT molecular complexity index is 1130. The fourth-order valence-corrected chi connectivity index (χ4v) is 3.24. The Kier molecular flexibility index (Phi) is 4.05. The number of benzene rings is 1. The summed E-state index contributed by atoms with van der Waals surface area (Å²) in [5.74, 6) is 0.882. The number of carbonyl (C=O) groups excluding carboxylic acids is 1. The molecule has 0 unspecified atom stereocenters. The van der Waals surface area contributed by atoms with Gasteiger partial charge in [-0.25, -0.2) is 0 Å². The number of nitrogens with one attached hydrogen (secondary N) is 1. The molecule has 1 amide bonds. The Labute approximate surface area is 161 Å². The van der Waals surface area contributed by atoms with Crippen molar-refractivity contribution < 1.29 is 4.79 Å². The van der Waals surface area contributed by atoms with Crippen LogP contribution in [0.25, 0.3) is 28.4 Å². The molecule has 0 spiro atoms. The lowest BCUT2D eigenvalue weighted by Crippen LogP contribution is -2.27. The van der Waals surface area contributed by atoms with Crippen molar-refractivity contribution in [3.05, 3.63) is 60.8 Å². The number of amides is 1. The number of rotatable bonds is 4. The van der Waals surface area contributed by atoms with Crippen molar-refractivity contribution in [1.29, 1.82) is 0 Å². The van der Waals surface area contributed by atoms with Crippen LogP contribution in [0, 0.1) is 5.92 Å². The van der Waals surface area contributed by atoms with E-state index in [4.69, 9.17) is 0 Å². The van der Waals surface area contributed by atoms with E-state index in [0.29, 0.717) is 17.2 Å². The first-order chi connectivity index (χ1) is 13.8. The highest BCUT2D eigenvalue weighted by atomic mass is 16.1. The van der Waals surface area contributed by atoms with E-state index in [2.05, 4.69) is 25.6 Å². The molecule has 28 heavy (non-hydrogen) atoms. The molecule has 7 heteroatoms. The largest absolute Gasteiger partial charge is 0.326 e. The molecule has 1 saturated carbocycles. The number of aromatic nitrogens is 5. The van der Waals surface area contributed by atoms with Crippen LogP contribution in [-0.4, -0.2) is 30.7 Å². The fraction of sp³-hybridized carbons (Fsp3) is 0.190. The minimum Gasteiger partial charge on any atom is -0.326 e. The molecule has 0 saturated heterocycles. The van der Waals surface area contributed by atoms with E-state index in [0.717, 1.165) is 36.2 Å². The predicted molar refractivity (Wildman–Crippen MR) is 105 cm³/mol. The second kappa shape index (κ2) is 6.84. The molecule has 0 radical (unpaired) electrons. The molecule has 5 rings (SSSR count). The van der Waals surface area contributed by atoms with Crippen LogP contribution in [0.5, 0.6) is 0 Å². The standard InChI is InChI=1S/C21H18N6O/c28-21(15-4-3-5-15)23-16-9-7-14(8-10-16)17-11-12-19-24-25-20(27(19)26-17)18-6-1-2-13-22-18/h1-2,6-13,15H,3-5H2,(H,23,28). The average molecular weight is 370 g/mol. The summed E-state index contributed by atoms with van der Waals surface area (Å²) in [4.78, 5) is 16.4. The highest BCUT2D eigenvalue weighted by Gasteiger charge is 2.25. The summed E-state index contributed by atoms with van der Waals surface area (Å²) in [5, 5.41) is 16.1. The first kappa shape index (κ1) is 16.6. The maximum absolute atomic E-state index is 12.1. The Balaban J connectivity index is 1.43. The van der Waals surface area contributed by atoms with E-state index < -0.39 is 0 Å². The van der Waals surface area contributed by atoms with E-state index in [1.165, 1.54) is 0 Å². The van der Waals surface area contributed by atoms with Gasteiger partial charge in [0, 0.05) is 23.4 Å². The van der Waals surface area contributed by atoms with Crippen LogP contribution in [0.3, 0.4) is 0 Å². The van der Waals surface area contributed by atoms with Gasteiger partial charge in [0.05, 0.1) is 5.69 Å². The van der Waals surface area contributed by atoms with Crippen LogP contribution in [0.1, 0.15) is 19.3 Å². The van der Waals surface area contributed by atoms with Gasteiger partial charge in [-0.3, -0.25) is 9.78 Å². The van der Waals surface area contributed by atoms with Gasteiger partial charge in [0.25, 0.3) is 0 Å². The summed E-state index contributed by atoms with van der Waals surface area (Å²) in [7, 11) is 0. The quantitative estimate of drug-likeness (QED) is 0.593. The third kappa shape index (κ3) is 3.00. The molecule has 0 atom stereocenters. The zero-order valence-corrected chi connectivity index (χ0v) is 15.1. The Hall–Kier alpha value is -3.61. The van der Waals surface area contributed by atoms with Crippen LogP contribution in [-0.2, 0) is 4.79 Å². The molecular weight excluding hydrogens is 352 g/mol. The topological polar surface area (TPSA) is 85.1 Å². The molecule has 3 aromatic heterocycles. The van der Waals surface area contributed by atoms with E-state index in [1.807, 2.05) is 54.6 Å².